The second-order valence-corrected chi connectivity index (χ2v) is 4.00. The minimum Gasteiger partial charge on any atom is -0.372 e. The van der Waals surface area contributed by atoms with Crippen molar-refractivity contribution in [2.75, 3.05) is 0 Å². The van der Waals surface area contributed by atoms with Gasteiger partial charge in [0, 0.05) is 13.1 Å². The van der Waals surface area contributed by atoms with Gasteiger partial charge in [0.1, 0.15) is 0 Å². The van der Waals surface area contributed by atoms with E-state index in [1.807, 2.05) is 17.8 Å². The average Bonchev–Trinajstić information content (AvgIpc) is 2.72. The number of imidazole rings is 1. The fourth-order valence-electron chi connectivity index (χ4n) is 1.85. The normalized spacial score (nSPS) is 27.0. The van der Waals surface area contributed by atoms with E-state index >= 15 is 0 Å². The number of aryl methyl sites for hydroxylation is 1. The van der Waals surface area contributed by atoms with E-state index in [1.165, 1.54) is 0 Å². The van der Waals surface area contributed by atoms with Crippen LogP contribution in [0.15, 0.2) is 12.5 Å². The van der Waals surface area contributed by atoms with Crippen molar-refractivity contribution in [2.45, 2.75) is 38.0 Å². The summed E-state index contributed by atoms with van der Waals surface area (Å²) in [6.07, 6.45) is 7.17. The van der Waals surface area contributed by atoms with Gasteiger partial charge in [-0.3, -0.25) is 0 Å². The summed E-state index contributed by atoms with van der Waals surface area (Å²) in [6, 6.07) is 0.339. The highest BCUT2D eigenvalue weighted by Crippen LogP contribution is 2.21. The molecule has 2 rings (SSSR count). The van der Waals surface area contributed by atoms with Crippen molar-refractivity contribution >= 4 is 0 Å². The van der Waals surface area contributed by atoms with Gasteiger partial charge in [-0.2, -0.15) is 0 Å². The molecule has 1 heterocycles. The number of aromatic nitrogens is 2. The van der Waals surface area contributed by atoms with Crippen LogP contribution in [0.3, 0.4) is 0 Å². The Bertz CT molecular complexity index is 297. The first-order valence-corrected chi connectivity index (χ1v) is 5.08. The van der Waals surface area contributed by atoms with E-state index < -0.39 is 0 Å². The van der Waals surface area contributed by atoms with Crippen LogP contribution in [0, 0.1) is 0 Å². The second-order valence-electron chi connectivity index (χ2n) is 4.00. The molecule has 1 aliphatic carbocycles. The molecule has 4 nitrogen and oxygen atoms in total. The number of ether oxygens (including phenoxy) is 1. The summed E-state index contributed by atoms with van der Waals surface area (Å²) in [6.45, 7) is 0.647. The summed E-state index contributed by atoms with van der Waals surface area (Å²) in [5.41, 5.74) is 6.92. The predicted molar refractivity (Wildman–Crippen MR) is 53.6 cm³/mol. The summed E-state index contributed by atoms with van der Waals surface area (Å²) in [5.74, 6) is 0. The van der Waals surface area contributed by atoms with E-state index in [1.54, 1.807) is 6.33 Å². The van der Waals surface area contributed by atoms with Crippen molar-refractivity contribution in [3.8, 4) is 0 Å². The quantitative estimate of drug-likeness (QED) is 0.776. The maximum absolute atomic E-state index is 5.81. The molecule has 0 saturated heterocycles. The molecule has 1 aromatic rings. The molecule has 4 heteroatoms. The summed E-state index contributed by atoms with van der Waals surface area (Å²) in [4.78, 5) is 4.04. The number of rotatable bonds is 3. The van der Waals surface area contributed by atoms with Gasteiger partial charge in [-0.15, -0.1) is 0 Å². The van der Waals surface area contributed by atoms with Crippen LogP contribution in [0.5, 0.6) is 0 Å². The molecule has 1 fully saturated rings. The van der Waals surface area contributed by atoms with Gasteiger partial charge < -0.3 is 15.0 Å². The number of nitrogens with zero attached hydrogens (tertiary/aromatic N) is 2. The van der Waals surface area contributed by atoms with Crippen molar-refractivity contribution < 1.29 is 4.74 Å². The molecule has 0 aliphatic heterocycles. The molecule has 0 bridgehead atoms. The van der Waals surface area contributed by atoms with Gasteiger partial charge in [-0.25, -0.2) is 4.98 Å². The highest BCUT2D eigenvalue weighted by atomic mass is 16.5. The van der Waals surface area contributed by atoms with Crippen LogP contribution < -0.4 is 5.73 Å². The molecule has 78 valence electrons. The van der Waals surface area contributed by atoms with Gasteiger partial charge in [0.2, 0.25) is 0 Å². The van der Waals surface area contributed by atoms with Crippen LogP contribution in [0.1, 0.15) is 25.0 Å². The van der Waals surface area contributed by atoms with Crippen LogP contribution >= 0.6 is 0 Å². The zero-order valence-corrected chi connectivity index (χ0v) is 8.52. The zero-order chi connectivity index (χ0) is 9.97. The molecule has 14 heavy (non-hydrogen) atoms. The Balaban J connectivity index is 1.80. The van der Waals surface area contributed by atoms with Gasteiger partial charge in [0.15, 0.2) is 0 Å². The first-order chi connectivity index (χ1) is 6.75. The smallest absolute Gasteiger partial charge is 0.0946 e. The molecular weight excluding hydrogens is 178 g/mol. The Morgan fingerprint density at radius 2 is 2.50 bits per heavy atom. The lowest BCUT2D eigenvalue weighted by Crippen LogP contribution is -2.17. The third-order valence-corrected chi connectivity index (χ3v) is 2.81. The van der Waals surface area contributed by atoms with Crippen molar-refractivity contribution in [2.24, 2.45) is 12.8 Å². The van der Waals surface area contributed by atoms with Gasteiger partial charge in [0.25, 0.3) is 0 Å². The predicted octanol–water partition coefficient (Wildman–Crippen LogP) is 0.816. The maximum atomic E-state index is 5.81. The van der Waals surface area contributed by atoms with E-state index in [9.17, 15) is 0 Å². The monoisotopic (exact) mass is 195 g/mol. The fraction of sp³-hybridized carbons (Fsp3) is 0.700. The van der Waals surface area contributed by atoms with Crippen LogP contribution in [0.4, 0.5) is 0 Å². The molecule has 1 saturated carbocycles. The van der Waals surface area contributed by atoms with Crippen LogP contribution in [-0.2, 0) is 18.4 Å². The van der Waals surface area contributed by atoms with Crippen LogP contribution in [0.2, 0.25) is 0 Å². The molecule has 2 unspecified atom stereocenters. The maximum Gasteiger partial charge on any atom is 0.0946 e. The standard InChI is InChI=1S/C10H17N3O/c1-13-7-12-5-9(13)6-14-10-3-2-8(11)4-10/h5,7-8,10H,2-4,6,11H2,1H3. The van der Waals surface area contributed by atoms with E-state index in [0.717, 1.165) is 25.0 Å². The minimum atomic E-state index is 0.339. The van der Waals surface area contributed by atoms with Crippen molar-refractivity contribution in [1.29, 1.82) is 0 Å². The molecule has 1 aromatic heterocycles. The molecule has 2 atom stereocenters. The van der Waals surface area contributed by atoms with E-state index in [-0.39, 0.29) is 0 Å². The molecule has 0 spiro atoms. The first kappa shape index (κ1) is 9.68. The molecule has 0 aromatic carbocycles. The molecule has 2 N–H and O–H groups in total. The Morgan fingerprint density at radius 1 is 1.64 bits per heavy atom. The van der Waals surface area contributed by atoms with Crippen molar-refractivity contribution in [1.82, 2.24) is 9.55 Å². The lowest BCUT2D eigenvalue weighted by Gasteiger charge is -2.11. The van der Waals surface area contributed by atoms with E-state index in [4.69, 9.17) is 10.5 Å². The van der Waals surface area contributed by atoms with Crippen molar-refractivity contribution in [3.05, 3.63) is 18.2 Å². The number of nitrogens with two attached hydrogens (primary N) is 1. The largest absolute Gasteiger partial charge is 0.372 e. The van der Waals surface area contributed by atoms with Gasteiger partial charge in [0.05, 0.1) is 30.9 Å². The van der Waals surface area contributed by atoms with Gasteiger partial charge in [-0.05, 0) is 19.3 Å². The average molecular weight is 195 g/mol. The Kier molecular flexibility index (Phi) is 2.84. The Labute approximate surface area is 84.1 Å². The van der Waals surface area contributed by atoms with E-state index in [0.29, 0.717) is 18.8 Å². The summed E-state index contributed by atoms with van der Waals surface area (Å²) in [5, 5.41) is 0. The molecule has 0 radical (unpaired) electrons. The topological polar surface area (TPSA) is 53.1 Å². The van der Waals surface area contributed by atoms with Crippen LogP contribution in [-0.4, -0.2) is 21.7 Å². The van der Waals surface area contributed by atoms with Crippen LogP contribution in [0.25, 0.3) is 0 Å². The molecule has 1 aliphatic rings. The van der Waals surface area contributed by atoms with Crippen molar-refractivity contribution in [3.63, 3.8) is 0 Å². The Hall–Kier alpha value is -0.870. The number of hydrogen-bond acceptors (Lipinski definition) is 3. The van der Waals surface area contributed by atoms with E-state index in [2.05, 4.69) is 4.98 Å². The summed E-state index contributed by atoms with van der Waals surface area (Å²) in [7, 11) is 1.98. The van der Waals surface area contributed by atoms with Gasteiger partial charge in [-0.1, -0.05) is 0 Å². The highest BCUT2D eigenvalue weighted by Gasteiger charge is 2.22. The molecule has 0 amide bonds. The second kappa shape index (κ2) is 4.11. The first-order valence-electron chi connectivity index (χ1n) is 5.08. The lowest BCUT2D eigenvalue weighted by atomic mass is 10.3. The fourth-order valence-corrected chi connectivity index (χ4v) is 1.85. The Morgan fingerprint density at radius 3 is 3.07 bits per heavy atom. The summed E-state index contributed by atoms with van der Waals surface area (Å²) < 4.78 is 7.74. The third kappa shape index (κ3) is 2.13. The SMILES string of the molecule is Cn1cncc1COC1CCC(N)C1. The van der Waals surface area contributed by atoms with Gasteiger partial charge >= 0.3 is 0 Å². The third-order valence-electron chi connectivity index (χ3n) is 2.81. The number of hydrogen-bond donors (Lipinski definition) is 1. The lowest BCUT2D eigenvalue weighted by molar-refractivity contribution is 0.0417. The minimum absolute atomic E-state index is 0.339. The summed E-state index contributed by atoms with van der Waals surface area (Å²) >= 11 is 0. The highest BCUT2D eigenvalue weighted by molar-refractivity contribution is 4.95. The molecular formula is C10H17N3O. The zero-order valence-electron chi connectivity index (χ0n) is 8.52.